The lowest BCUT2D eigenvalue weighted by molar-refractivity contribution is -0.0700. The van der Waals surface area contributed by atoms with Crippen molar-refractivity contribution < 1.29 is 5.11 Å². The van der Waals surface area contributed by atoms with Gasteiger partial charge in [-0.2, -0.15) is 5.26 Å². The van der Waals surface area contributed by atoms with Gasteiger partial charge in [0.15, 0.2) is 0 Å². The Morgan fingerprint density at radius 3 is 2.33 bits per heavy atom. The van der Waals surface area contributed by atoms with Crippen LogP contribution >= 0.6 is 0 Å². The molecule has 1 aromatic carbocycles. The molecule has 1 atom stereocenters. The fourth-order valence-corrected chi connectivity index (χ4v) is 3.73. The zero-order valence-electron chi connectivity index (χ0n) is 13.5. The Kier molecular flexibility index (Phi) is 4.74. The molecule has 2 heteroatoms. The van der Waals surface area contributed by atoms with Crippen LogP contribution in [0.2, 0.25) is 0 Å². The molecule has 1 unspecified atom stereocenters. The van der Waals surface area contributed by atoms with Crippen LogP contribution < -0.4 is 0 Å². The number of rotatable bonds is 4. The molecule has 1 saturated carbocycles. The van der Waals surface area contributed by atoms with Crippen molar-refractivity contribution in [1.29, 1.82) is 5.26 Å². The summed E-state index contributed by atoms with van der Waals surface area (Å²) in [6, 6.07) is 10.4. The summed E-state index contributed by atoms with van der Waals surface area (Å²) in [4.78, 5) is 0. The lowest BCUT2D eigenvalue weighted by atomic mass is 9.60. The van der Waals surface area contributed by atoms with Gasteiger partial charge in [-0.15, -0.1) is 0 Å². The van der Waals surface area contributed by atoms with Gasteiger partial charge >= 0.3 is 0 Å². The average Bonchev–Trinajstić information content (AvgIpc) is 2.49. The number of hydrogen-bond donors (Lipinski definition) is 1. The first-order valence-electron chi connectivity index (χ1n) is 8.16. The first-order chi connectivity index (χ1) is 9.95. The molecule has 1 fully saturated rings. The number of aliphatic hydroxyl groups is 1. The molecule has 1 aromatic rings. The summed E-state index contributed by atoms with van der Waals surface area (Å²) in [6.45, 7) is 6.07. The quantitative estimate of drug-likeness (QED) is 0.871. The van der Waals surface area contributed by atoms with Crippen molar-refractivity contribution in [3.05, 3.63) is 35.4 Å². The molecule has 114 valence electrons. The fourth-order valence-electron chi connectivity index (χ4n) is 3.73. The average molecular weight is 285 g/mol. The van der Waals surface area contributed by atoms with Gasteiger partial charge in [-0.3, -0.25) is 0 Å². The van der Waals surface area contributed by atoms with Crippen LogP contribution in [-0.2, 0) is 5.60 Å². The second-order valence-corrected chi connectivity index (χ2v) is 6.86. The van der Waals surface area contributed by atoms with Gasteiger partial charge in [0.2, 0.25) is 0 Å². The van der Waals surface area contributed by atoms with E-state index >= 15 is 0 Å². The summed E-state index contributed by atoms with van der Waals surface area (Å²) in [7, 11) is 0. The van der Waals surface area contributed by atoms with E-state index in [9.17, 15) is 10.4 Å². The molecule has 21 heavy (non-hydrogen) atoms. The molecular formula is C19H27NO. The van der Waals surface area contributed by atoms with Gasteiger partial charge in [-0.05, 0) is 51.0 Å². The van der Waals surface area contributed by atoms with Crippen molar-refractivity contribution in [3.8, 4) is 6.07 Å². The monoisotopic (exact) mass is 285 g/mol. The Morgan fingerprint density at radius 1 is 1.29 bits per heavy atom. The summed E-state index contributed by atoms with van der Waals surface area (Å²) in [5.41, 5.74) is 0.315. The Hall–Kier alpha value is -1.33. The number of nitriles is 1. The van der Waals surface area contributed by atoms with Crippen LogP contribution in [0.5, 0.6) is 0 Å². The Bertz CT molecular complexity index is 501. The Balaban J connectivity index is 2.24. The topological polar surface area (TPSA) is 44.0 Å². The van der Waals surface area contributed by atoms with E-state index in [4.69, 9.17) is 0 Å². The maximum absolute atomic E-state index is 11.1. The van der Waals surface area contributed by atoms with Gasteiger partial charge < -0.3 is 5.11 Å². The zero-order chi connectivity index (χ0) is 15.5. The number of nitrogens with zero attached hydrogens (tertiary/aromatic N) is 1. The maximum atomic E-state index is 11.1. The molecule has 0 amide bonds. The van der Waals surface area contributed by atoms with Crippen LogP contribution in [0.1, 0.15) is 63.5 Å². The van der Waals surface area contributed by atoms with Crippen LogP contribution in [0, 0.1) is 29.6 Å². The molecule has 1 aliphatic rings. The normalized spacial score (nSPS) is 28.6. The van der Waals surface area contributed by atoms with E-state index in [0.29, 0.717) is 0 Å². The first kappa shape index (κ1) is 16.0. The van der Waals surface area contributed by atoms with Crippen molar-refractivity contribution in [1.82, 2.24) is 0 Å². The predicted molar refractivity (Wildman–Crippen MR) is 85.7 cm³/mol. The molecule has 0 aliphatic heterocycles. The lowest BCUT2D eigenvalue weighted by Crippen LogP contribution is -2.45. The third kappa shape index (κ3) is 2.99. The molecule has 1 aliphatic carbocycles. The van der Waals surface area contributed by atoms with E-state index in [1.165, 1.54) is 18.4 Å². The molecule has 1 N–H and O–H groups in total. The van der Waals surface area contributed by atoms with E-state index in [0.717, 1.165) is 37.2 Å². The van der Waals surface area contributed by atoms with Gasteiger partial charge in [-0.1, -0.05) is 49.6 Å². The lowest BCUT2D eigenvalue weighted by Gasteiger charge is -2.45. The Morgan fingerprint density at radius 2 is 1.86 bits per heavy atom. The molecule has 0 radical (unpaired) electrons. The maximum Gasteiger partial charge on any atom is 0.105 e. The number of aryl methyl sites for hydroxylation is 1. The number of benzene rings is 1. The van der Waals surface area contributed by atoms with Crippen molar-refractivity contribution in [2.75, 3.05) is 0 Å². The van der Waals surface area contributed by atoms with Gasteiger partial charge in [0.05, 0.1) is 11.5 Å². The van der Waals surface area contributed by atoms with Crippen LogP contribution in [0.15, 0.2) is 24.3 Å². The highest BCUT2D eigenvalue weighted by molar-refractivity contribution is 5.31. The molecule has 0 bridgehead atoms. The van der Waals surface area contributed by atoms with Gasteiger partial charge in [-0.25, -0.2) is 0 Å². The van der Waals surface area contributed by atoms with E-state index in [-0.39, 0.29) is 0 Å². The summed E-state index contributed by atoms with van der Waals surface area (Å²) in [5.74, 6) is 0.727. The van der Waals surface area contributed by atoms with Crippen LogP contribution in [0.25, 0.3) is 0 Å². The predicted octanol–water partition coefficient (Wildman–Crippen LogP) is 4.70. The van der Waals surface area contributed by atoms with E-state index in [2.05, 4.69) is 13.0 Å². The largest absolute Gasteiger partial charge is 0.384 e. The summed E-state index contributed by atoms with van der Waals surface area (Å²) in [6.07, 6.45) is 6.17. The molecule has 0 saturated heterocycles. The zero-order valence-corrected chi connectivity index (χ0v) is 13.5. The van der Waals surface area contributed by atoms with Gasteiger partial charge in [0, 0.05) is 0 Å². The molecule has 2 nitrogen and oxygen atoms in total. The number of hydrogen-bond acceptors (Lipinski definition) is 2. The van der Waals surface area contributed by atoms with Crippen LogP contribution in [0.3, 0.4) is 0 Å². The SMILES string of the molecule is CCCC1CCC(C#N)(C(C)(O)c2ccc(C)cc2)CC1. The molecule has 2 rings (SSSR count). The Labute approximate surface area is 128 Å². The minimum atomic E-state index is -1.08. The van der Waals surface area contributed by atoms with E-state index < -0.39 is 11.0 Å². The van der Waals surface area contributed by atoms with E-state index in [1.54, 1.807) is 0 Å². The molecular weight excluding hydrogens is 258 g/mol. The van der Waals surface area contributed by atoms with Crippen molar-refractivity contribution in [2.45, 2.75) is 64.9 Å². The smallest absolute Gasteiger partial charge is 0.105 e. The molecule has 0 spiro atoms. The van der Waals surface area contributed by atoms with Gasteiger partial charge in [0.25, 0.3) is 0 Å². The third-order valence-corrected chi connectivity index (χ3v) is 5.42. The second-order valence-electron chi connectivity index (χ2n) is 6.86. The highest BCUT2D eigenvalue weighted by Gasteiger charge is 2.50. The third-order valence-electron chi connectivity index (χ3n) is 5.42. The highest BCUT2D eigenvalue weighted by atomic mass is 16.3. The van der Waals surface area contributed by atoms with Crippen LogP contribution in [0.4, 0.5) is 0 Å². The van der Waals surface area contributed by atoms with E-state index in [1.807, 2.05) is 38.1 Å². The molecule has 0 aromatic heterocycles. The van der Waals surface area contributed by atoms with Crippen molar-refractivity contribution >= 4 is 0 Å². The fraction of sp³-hybridized carbons (Fsp3) is 0.632. The van der Waals surface area contributed by atoms with Crippen LogP contribution in [-0.4, -0.2) is 5.11 Å². The summed E-state index contributed by atoms with van der Waals surface area (Å²) in [5, 5.41) is 20.9. The highest BCUT2D eigenvalue weighted by Crippen LogP contribution is 2.51. The van der Waals surface area contributed by atoms with Crippen molar-refractivity contribution in [3.63, 3.8) is 0 Å². The summed E-state index contributed by atoms with van der Waals surface area (Å²) < 4.78 is 0. The first-order valence-corrected chi connectivity index (χ1v) is 8.16. The second kappa shape index (κ2) is 6.20. The van der Waals surface area contributed by atoms with Gasteiger partial charge in [0.1, 0.15) is 5.60 Å². The molecule has 0 heterocycles. The summed E-state index contributed by atoms with van der Waals surface area (Å²) >= 11 is 0. The minimum absolute atomic E-state index is 0.646. The van der Waals surface area contributed by atoms with Crippen molar-refractivity contribution in [2.24, 2.45) is 11.3 Å². The minimum Gasteiger partial charge on any atom is -0.384 e. The standard InChI is InChI=1S/C19H27NO/c1-4-5-16-10-12-19(14-20,13-11-16)18(3,21)17-8-6-15(2)7-9-17/h6-9,16,21H,4-5,10-13H2,1-3H3.